The molecule has 2 aromatic heterocycles. The molecular formula is C19H27ClN6O. The van der Waals surface area contributed by atoms with Gasteiger partial charge in [-0.15, -0.1) is 0 Å². The zero-order valence-corrected chi connectivity index (χ0v) is 16.2. The number of likely N-dealkylation sites (tertiary alicyclic amines) is 1. The van der Waals surface area contributed by atoms with Gasteiger partial charge in [0, 0.05) is 38.9 Å². The molecule has 146 valence electrons. The van der Waals surface area contributed by atoms with Crippen LogP contribution in [-0.4, -0.2) is 53.8 Å². The Morgan fingerprint density at radius 1 is 1.19 bits per heavy atom. The molecule has 0 atom stereocenters. The molecule has 4 N–H and O–H groups in total. The first-order valence-electron chi connectivity index (χ1n) is 9.66. The Hall–Kier alpha value is -1.67. The summed E-state index contributed by atoms with van der Waals surface area (Å²) in [4.78, 5) is 11.3. The van der Waals surface area contributed by atoms with E-state index in [0.717, 1.165) is 62.8 Å². The molecule has 27 heavy (non-hydrogen) atoms. The Morgan fingerprint density at radius 3 is 2.67 bits per heavy atom. The van der Waals surface area contributed by atoms with Crippen molar-refractivity contribution in [1.82, 2.24) is 14.9 Å². The number of nitrogen functional groups attached to an aromatic ring is 1. The van der Waals surface area contributed by atoms with Gasteiger partial charge in [0.2, 0.25) is 0 Å². The Morgan fingerprint density at radius 2 is 1.93 bits per heavy atom. The number of halogens is 1. The lowest BCUT2D eigenvalue weighted by Gasteiger charge is -2.39. The quantitative estimate of drug-likeness (QED) is 0.470. The predicted octanol–water partition coefficient (Wildman–Crippen LogP) is 2.44. The Labute approximate surface area is 164 Å². The number of fused-ring (bicyclic) bond motifs is 1. The third-order valence-electron chi connectivity index (χ3n) is 5.75. The van der Waals surface area contributed by atoms with Crippen molar-refractivity contribution in [2.24, 2.45) is 11.8 Å². The normalized spacial score (nSPS) is 20.2. The third-order valence-corrected chi connectivity index (χ3v) is 5.96. The molecule has 0 aromatic carbocycles. The highest BCUT2D eigenvalue weighted by atomic mass is 35.5. The van der Waals surface area contributed by atoms with E-state index in [0.29, 0.717) is 16.4 Å². The van der Waals surface area contributed by atoms with Crippen molar-refractivity contribution in [2.75, 3.05) is 43.6 Å². The topological polar surface area (TPSA) is 93.5 Å². The van der Waals surface area contributed by atoms with Crippen LogP contribution in [0.5, 0.6) is 0 Å². The summed E-state index contributed by atoms with van der Waals surface area (Å²) in [6.45, 7) is 5.07. The van der Waals surface area contributed by atoms with Gasteiger partial charge >= 0.3 is 0 Å². The second-order valence-corrected chi connectivity index (χ2v) is 7.95. The number of hydrogen-bond donors (Lipinski definition) is 2. The summed E-state index contributed by atoms with van der Waals surface area (Å²) < 4.78 is 5.47. The van der Waals surface area contributed by atoms with E-state index in [2.05, 4.69) is 14.9 Å². The summed E-state index contributed by atoms with van der Waals surface area (Å²) in [6, 6.07) is 3.80. The Balaban J connectivity index is 1.45. The maximum atomic E-state index is 6.52. The van der Waals surface area contributed by atoms with Crippen LogP contribution < -0.4 is 16.6 Å². The highest BCUT2D eigenvalue weighted by molar-refractivity contribution is 6.29. The molecule has 2 fully saturated rings. The molecule has 0 saturated carbocycles. The molecule has 2 aliphatic heterocycles. The second-order valence-electron chi connectivity index (χ2n) is 7.56. The van der Waals surface area contributed by atoms with Gasteiger partial charge in [-0.1, -0.05) is 11.6 Å². The molecule has 0 radical (unpaired) electrons. The monoisotopic (exact) mass is 390 g/mol. The highest BCUT2D eigenvalue weighted by Gasteiger charge is 2.27. The van der Waals surface area contributed by atoms with Crippen LogP contribution in [-0.2, 0) is 4.74 Å². The van der Waals surface area contributed by atoms with Gasteiger partial charge in [-0.2, -0.15) is 0 Å². The van der Waals surface area contributed by atoms with Crippen LogP contribution >= 0.6 is 11.6 Å². The number of aromatic nitrogens is 2. The smallest absolute Gasteiger partial charge is 0.130 e. The zero-order chi connectivity index (χ0) is 18.8. The molecule has 0 unspecified atom stereocenters. The van der Waals surface area contributed by atoms with Crippen LogP contribution in [0.2, 0.25) is 5.15 Å². The summed E-state index contributed by atoms with van der Waals surface area (Å²) in [5.74, 6) is 7.28. The molecule has 0 amide bonds. The van der Waals surface area contributed by atoms with E-state index in [4.69, 9.17) is 27.9 Å². The van der Waals surface area contributed by atoms with Crippen molar-refractivity contribution in [3.05, 3.63) is 23.5 Å². The molecule has 2 aliphatic rings. The number of hydrogen-bond acceptors (Lipinski definition) is 7. The van der Waals surface area contributed by atoms with E-state index in [9.17, 15) is 0 Å². The standard InChI is InChI=1S/C19H27ClN6O/c20-17-2-1-16-18(24-17)19(15(21)11-23-16)26(22)14-3-7-25(8-4-14)12-13-5-9-27-10-6-13/h1-2,11,13-14H,3-10,12,21-22H2. The minimum Gasteiger partial charge on any atom is -0.396 e. The largest absolute Gasteiger partial charge is 0.396 e. The average Bonchev–Trinajstić information content (AvgIpc) is 2.69. The molecule has 0 spiro atoms. The van der Waals surface area contributed by atoms with Gasteiger partial charge in [0.25, 0.3) is 0 Å². The fourth-order valence-electron chi connectivity index (χ4n) is 4.17. The van der Waals surface area contributed by atoms with Crippen LogP contribution in [0.25, 0.3) is 11.0 Å². The second kappa shape index (κ2) is 8.14. The van der Waals surface area contributed by atoms with Crippen molar-refractivity contribution in [3.63, 3.8) is 0 Å². The van der Waals surface area contributed by atoms with Crippen LogP contribution in [0.15, 0.2) is 18.3 Å². The van der Waals surface area contributed by atoms with Crippen molar-refractivity contribution >= 4 is 34.0 Å². The zero-order valence-electron chi connectivity index (χ0n) is 15.5. The summed E-state index contributed by atoms with van der Waals surface area (Å²) in [5, 5.41) is 2.20. The maximum absolute atomic E-state index is 6.52. The number of piperidine rings is 1. The van der Waals surface area contributed by atoms with E-state index in [-0.39, 0.29) is 6.04 Å². The third kappa shape index (κ3) is 4.11. The number of hydrazine groups is 1. The SMILES string of the molecule is Nc1cnc2ccc(Cl)nc2c1N(N)C1CCN(CC2CCOCC2)CC1. The van der Waals surface area contributed by atoms with Crippen molar-refractivity contribution in [2.45, 2.75) is 31.7 Å². The number of pyridine rings is 2. The number of anilines is 2. The fourth-order valence-corrected chi connectivity index (χ4v) is 4.32. The van der Waals surface area contributed by atoms with Gasteiger partial charge in [0.05, 0.1) is 17.4 Å². The van der Waals surface area contributed by atoms with Crippen molar-refractivity contribution < 1.29 is 4.74 Å². The molecular weight excluding hydrogens is 364 g/mol. The molecule has 2 saturated heterocycles. The summed E-state index contributed by atoms with van der Waals surface area (Å²) in [6.07, 6.45) is 6.00. The van der Waals surface area contributed by atoms with E-state index in [1.165, 1.54) is 12.8 Å². The van der Waals surface area contributed by atoms with Gasteiger partial charge < -0.3 is 20.4 Å². The molecule has 8 heteroatoms. The summed E-state index contributed by atoms with van der Waals surface area (Å²) in [5.41, 5.74) is 8.87. The summed E-state index contributed by atoms with van der Waals surface area (Å²) >= 11 is 6.09. The Kier molecular flexibility index (Phi) is 5.63. The number of nitrogens with zero attached hydrogens (tertiary/aromatic N) is 4. The first-order chi connectivity index (χ1) is 13.1. The van der Waals surface area contributed by atoms with Gasteiger partial charge in [-0.3, -0.25) is 4.98 Å². The summed E-state index contributed by atoms with van der Waals surface area (Å²) in [7, 11) is 0. The first kappa shape index (κ1) is 18.7. The molecule has 7 nitrogen and oxygen atoms in total. The fraction of sp³-hybridized carbons (Fsp3) is 0.579. The molecule has 4 heterocycles. The highest BCUT2D eigenvalue weighted by Crippen LogP contribution is 2.32. The lowest BCUT2D eigenvalue weighted by atomic mass is 9.97. The van der Waals surface area contributed by atoms with Gasteiger partial charge in [0.1, 0.15) is 16.4 Å². The van der Waals surface area contributed by atoms with Crippen LogP contribution in [0.1, 0.15) is 25.7 Å². The van der Waals surface area contributed by atoms with E-state index in [1.54, 1.807) is 17.3 Å². The first-order valence-corrected chi connectivity index (χ1v) is 10.0. The number of ether oxygens (including phenoxy) is 1. The van der Waals surface area contributed by atoms with Gasteiger partial charge in [0.15, 0.2) is 0 Å². The molecule has 0 aliphatic carbocycles. The van der Waals surface area contributed by atoms with E-state index in [1.807, 2.05) is 6.07 Å². The molecule has 4 rings (SSSR count). The molecule has 0 bridgehead atoms. The van der Waals surface area contributed by atoms with E-state index < -0.39 is 0 Å². The minimum atomic E-state index is 0.227. The molecule has 2 aromatic rings. The Bertz CT molecular complexity index is 784. The lowest BCUT2D eigenvalue weighted by molar-refractivity contribution is 0.0487. The predicted molar refractivity (Wildman–Crippen MR) is 109 cm³/mol. The van der Waals surface area contributed by atoms with Crippen LogP contribution in [0, 0.1) is 5.92 Å². The minimum absolute atomic E-state index is 0.227. The number of nitrogens with two attached hydrogens (primary N) is 2. The maximum Gasteiger partial charge on any atom is 0.130 e. The van der Waals surface area contributed by atoms with Crippen LogP contribution in [0.3, 0.4) is 0 Å². The lowest BCUT2D eigenvalue weighted by Crippen LogP contribution is -2.49. The van der Waals surface area contributed by atoms with Gasteiger partial charge in [-0.25, -0.2) is 10.8 Å². The average molecular weight is 391 g/mol. The number of rotatable bonds is 4. The van der Waals surface area contributed by atoms with Crippen molar-refractivity contribution in [3.8, 4) is 0 Å². The van der Waals surface area contributed by atoms with E-state index >= 15 is 0 Å². The van der Waals surface area contributed by atoms with Crippen molar-refractivity contribution in [1.29, 1.82) is 0 Å². The van der Waals surface area contributed by atoms with Crippen LogP contribution in [0.4, 0.5) is 11.4 Å². The van der Waals surface area contributed by atoms with Gasteiger partial charge in [-0.05, 0) is 43.7 Å².